The van der Waals surface area contributed by atoms with Crippen LogP contribution in [0.5, 0.6) is 0 Å². The van der Waals surface area contributed by atoms with Crippen molar-refractivity contribution in [3.63, 3.8) is 0 Å². The number of methoxy groups -OCH3 is 1. The lowest BCUT2D eigenvalue weighted by atomic mass is 9.98. The monoisotopic (exact) mass is 250 g/mol. The molecule has 0 bridgehead atoms. The van der Waals surface area contributed by atoms with Crippen LogP contribution in [-0.4, -0.2) is 12.1 Å². The van der Waals surface area contributed by atoms with Crippen LogP contribution in [0.1, 0.15) is 16.7 Å². The summed E-state index contributed by atoms with van der Waals surface area (Å²) >= 11 is 0. The number of ether oxygens (including phenoxy) is 1. The molecule has 0 fully saturated rings. The van der Waals surface area contributed by atoms with Gasteiger partial charge in [-0.2, -0.15) is 0 Å². The third kappa shape index (κ3) is 2.80. The maximum atomic E-state index is 7.22. The molecule has 3 nitrogen and oxygen atoms in total. The third-order valence-electron chi connectivity index (χ3n) is 2.81. The summed E-state index contributed by atoms with van der Waals surface area (Å²) in [5.41, 5.74) is 4.45. The molecule has 3 heteroatoms. The first-order valence-corrected chi connectivity index (χ1v) is 5.88. The quantitative estimate of drug-likeness (QED) is 0.608. The van der Waals surface area contributed by atoms with Crippen molar-refractivity contribution in [2.75, 3.05) is 7.11 Å². The molecule has 0 saturated heterocycles. The fourth-order valence-electron chi connectivity index (χ4n) is 1.84. The predicted octanol–water partition coefficient (Wildman–Crippen LogP) is 3.98. The van der Waals surface area contributed by atoms with Crippen LogP contribution in [0, 0.1) is 13.5 Å². The van der Waals surface area contributed by atoms with Gasteiger partial charge in [-0.25, -0.2) is 4.85 Å². The number of hydrogen-bond acceptors (Lipinski definition) is 2. The molecule has 2 aromatic rings. The lowest BCUT2D eigenvalue weighted by molar-refractivity contribution is 0.340. The SMILES string of the molecule is [C-]#[N+]c1cnccc1/C(=C/OC)c1ccc(C)cc1. The Kier molecular flexibility index (Phi) is 3.94. The Bertz CT molecular complexity index is 637. The highest BCUT2D eigenvalue weighted by atomic mass is 16.5. The highest BCUT2D eigenvalue weighted by Crippen LogP contribution is 2.30. The largest absolute Gasteiger partial charge is 0.504 e. The average Bonchev–Trinajstić information content (AvgIpc) is 2.46. The fourth-order valence-corrected chi connectivity index (χ4v) is 1.84. The van der Waals surface area contributed by atoms with Crippen molar-refractivity contribution in [3.05, 3.63) is 77.1 Å². The van der Waals surface area contributed by atoms with Gasteiger partial charge in [0.1, 0.15) is 0 Å². The Morgan fingerprint density at radius 3 is 2.63 bits per heavy atom. The van der Waals surface area contributed by atoms with Crippen LogP contribution in [-0.2, 0) is 4.74 Å². The summed E-state index contributed by atoms with van der Waals surface area (Å²) in [7, 11) is 1.60. The molecule has 0 atom stereocenters. The number of rotatable bonds is 3. The van der Waals surface area contributed by atoms with Crippen molar-refractivity contribution < 1.29 is 4.74 Å². The molecular weight excluding hydrogens is 236 g/mol. The normalized spacial score (nSPS) is 10.9. The zero-order valence-corrected chi connectivity index (χ0v) is 10.9. The Balaban J connectivity index is 2.56. The maximum Gasteiger partial charge on any atom is 0.212 e. The van der Waals surface area contributed by atoms with Crippen LogP contribution in [0.25, 0.3) is 10.4 Å². The van der Waals surface area contributed by atoms with E-state index in [0.29, 0.717) is 5.69 Å². The summed E-state index contributed by atoms with van der Waals surface area (Å²) in [4.78, 5) is 7.49. The molecular formula is C16H14N2O. The molecule has 0 unspecified atom stereocenters. The summed E-state index contributed by atoms with van der Waals surface area (Å²) < 4.78 is 5.16. The fraction of sp³-hybridized carbons (Fsp3) is 0.125. The molecule has 19 heavy (non-hydrogen) atoms. The van der Waals surface area contributed by atoms with Crippen LogP contribution in [0.2, 0.25) is 0 Å². The molecule has 1 aromatic heterocycles. The molecule has 0 spiro atoms. The van der Waals surface area contributed by atoms with Crippen LogP contribution in [0.15, 0.2) is 49.0 Å². The Morgan fingerprint density at radius 1 is 1.26 bits per heavy atom. The lowest BCUT2D eigenvalue weighted by Gasteiger charge is -2.10. The molecule has 0 saturated carbocycles. The van der Waals surface area contributed by atoms with E-state index in [9.17, 15) is 0 Å². The van der Waals surface area contributed by atoms with Crippen LogP contribution in [0.4, 0.5) is 5.69 Å². The van der Waals surface area contributed by atoms with Gasteiger partial charge in [0.2, 0.25) is 5.69 Å². The second-order valence-corrected chi connectivity index (χ2v) is 4.14. The van der Waals surface area contributed by atoms with Crippen molar-refractivity contribution in [3.8, 4) is 0 Å². The topological polar surface area (TPSA) is 26.5 Å². The van der Waals surface area contributed by atoms with E-state index in [1.807, 2.05) is 37.3 Å². The molecule has 0 aliphatic rings. The molecule has 0 aliphatic carbocycles. The number of nitrogens with zero attached hydrogens (tertiary/aromatic N) is 2. The first-order chi connectivity index (χ1) is 9.26. The van der Waals surface area contributed by atoms with Gasteiger partial charge < -0.3 is 4.74 Å². The highest BCUT2D eigenvalue weighted by Gasteiger charge is 2.10. The molecule has 1 heterocycles. The Labute approximate surface area is 113 Å². The van der Waals surface area contributed by atoms with Crippen molar-refractivity contribution in [1.82, 2.24) is 4.98 Å². The Hall–Kier alpha value is -2.60. The van der Waals surface area contributed by atoms with Crippen molar-refractivity contribution >= 4 is 11.3 Å². The van der Waals surface area contributed by atoms with Gasteiger partial charge in [-0.3, -0.25) is 4.98 Å². The minimum Gasteiger partial charge on any atom is -0.504 e. The lowest BCUT2D eigenvalue weighted by Crippen LogP contribution is -1.90. The highest BCUT2D eigenvalue weighted by molar-refractivity contribution is 5.85. The second-order valence-electron chi connectivity index (χ2n) is 4.14. The minimum atomic E-state index is 0.520. The van der Waals surface area contributed by atoms with Gasteiger partial charge in [0, 0.05) is 18.0 Å². The van der Waals surface area contributed by atoms with Gasteiger partial charge in [-0.05, 0) is 24.1 Å². The van der Waals surface area contributed by atoms with E-state index in [1.54, 1.807) is 25.8 Å². The van der Waals surface area contributed by atoms with E-state index in [1.165, 1.54) is 5.56 Å². The molecule has 1 aromatic carbocycles. The van der Waals surface area contributed by atoms with Gasteiger partial charge in [0.15, 0.2) is 0 Å². The van der Waals surface area contributed by atoms with Crippen molar-refractivity contribution in [2.24, 2.45) is 0 Å². The third-order valence-corrected chi connectivity index (χ3v) is 2.81. The minimum absolute atomic E-state index is 0.520. The molecule has 0 N–H and O–H groups in total. The number of hydrogen-bond donors (Lipinski definition) is 0. The van der Waals surface area contributed by atoms with E-state index in [0.717, 1.165) is 16.7 Å². The van der Waals surface area contributed by atoms with Gasteiger partial charge >= 0.3 is 0 Å². The van der Waals surface area contributed by atoms with Gasteiger partial charge in [0.05, 0.1) is 19.9 Å². The van der Waals surface area contributed by atoms with E-state index >= 15 is 0 Å². The molecule has 2 rings (SSSR count). The molecule has 94 valence electrons. The van der Waals surface area contributed by atoms with Gasteiger partial charge in [0.25, 0.3) is 0 Å². The summed E-state index contributed by atoms with van der Waals surface area (Å²) in [5.74, 6) is 0. The van der Waals surface area contributed by atoms with E-state index in [2.05, 4.69) is 9.83 Å². The zero-order chi connectivity index (χ0) is 13.7. The summed E-state index contributed by atoms with van der Waals surface area (Å²) in [5, 5.41) is 0. The number of aromatic nitrogens is 1. The van der Waals surface area contributed by atoms with E-state index in [4.69, 9.17) is 11.3 Å². The molecule has 0 radical (unpaired) electrons. The summed E-state index contributed by atoms with van der Waals surface area (Å²) in [6.07, 6.45) is 4.91. The van der Waals surface area contributed by atoms with E-state index in [-0.39, 0.29) is 0 Å². The summed E-state index contributed by atoms with van der Waals surface area (Å²) in [6, 6.07) is 9.95. The average molecular weight is 250 g/mol. The first-order valence-electron chi connectivity index (χ1n) is 5.88. The molecule has 0 aliphatic heterocycles. The first kappa shape index (κ1) is 12.8. The maximum absolute atomic E-state index is 7.22. The van der Waals surface area contributed by atoms with Crippen molar-refractivity contribution in [1.29, 1.82) is 0 Å². The number of pyridine rings is 1. The zero-order valence-electron chi connectivity index (χ0n) is 10.9. The Morgan fingerprint density at radius 2 is 2.00 bits per heavy atom. The van der Waals surface area contributed by atoms with Gasteiger partial charge in [-0.15, -0.1) is 0 Å². The molecule has 0 amide bonds. The second kappa shape index (κ2) is 5.83. The van der Waals surface area contributed by atoms with Crippen molar-refractivity contribution in [2.45, 2.75) is 6.92 Å². The van der Waals surface area contributed by atoms with Crippen LogP contribution in [0.3, 0.4) is 0 Å². The van der Waals surface area contributed by atoms with Crippen LogP contribution >= 0.6 is 0 Å². The number of benzene rings is 1. The predicted molar refractivity (Wildman–Crippen MR) is 75.8 cm³/mol. The van der Waals surface area contributed by atoms with E-state index < -0.39 is 0 Å². The summed E-state index contributed by atoms with van der Waals surface area (Å²) in [6.45, 7) is 9.27. The standard InChI is InChI=1S/C16H14N2O/c1-12-4-6-13(7-5-12)15(11-19-3)14-8-9-18-10-16(14)17-2/h4-11H,1,3H3/b15-11+. The smallest absolute Gasteiger partial charge is 0.212 e. The van der Waals surface area contributed by atoms with Gasteiger partial charge in [-0.1, -0.05) is 29.8 Å². The van der Waals surface area contributed by atoms with Crippen LogP contribution < -0.4 is 0 Å². The number of aryl methyl sites for hydroxylation is 1.